The molecule has 1 aliphatic rings. The van der Waals surface area contributed by atoms with Crippen molar-refractivity contribution in [2.24, 2.45) is 0 Å². The molecule has 0 amide bonds. The van der Waals surface area contributed by atoms with Crippen LogP contribution in [0.15, 0.2) is 12.1 Å². The van der Waals surface area contributed by atoms with E-state index in [0.29, 0.717) is 30.0 Å². The van der Waals surface area contributed by atoms with Crippen LogP contribution in [0.3, 0.4) is 0 Å². The van der Waals surface area contributed by atoms with E-state index in [1.807, 2.05) is 6.92 Å². The first-order valence-electron chi connectivity index (χ1n) is 7.26. The lowest BCUT2D eigenvalue weighted by molar-refractivity contribution is -0.385. The molecule has 0 unspecified atom stereocenters. The molecule has 1 fully saturated rings. The van der Waals surface area contributed by atoms with E-state index in [9.17, 15) is 15.2 Å². The van der Waals surface area contributed by atoms with Crippen molar-refractivity contribution >= 4 is 22.2 Å². The van der Waals surface area contributed by atoms with Gasteiger partial charge in [-0.2, -0.15) is 0 Å². The molecule has 2 heterocycles. The minimum Gasteiger partial charge on any atom is -0.502 e. The van der Waals surface area contributed by atoms with Crippen molar-refractivity contribution in [1.29, 1.82) is 0 Å². The molecule has 23 heavy (non-hydrogen) atoms. The Balaban J connectivity index is 2.05. The van der Waals surface area contributed by atoms with E-state index in [1.165, 1.54) is 17.4 Å². The van der Waals surface area contributed by atoms with Gasteiger partial charge in [0.25, 0.3) is 0 Å². The predicted molar refractivity (Wildman–Crippen MR) is 88.4 cm³/mol. The summed E-state index contributed by atoms with van der Waals surface area (Å²) in [5, 5.41) is 22.2. The summed E-state index contributed by atoms with van der Waals surface area (Å²) in [6.45, 7) is 6.54. The highest BCUT2D eigenvalue weighted by molar-refractivity contribution is 7.16. The second-order valence-corrected chi connectivity index (χ2v) is 6.62. The lowest BCUT2D eigenvalue weighted by atomic mass is 10.1. The Labute approximate surface area is 137 Å². The average Bonchev–Trinajstić information content (AvgIpc) is 2.91. The summed E-state index contributed by atoms with van der Waals surface area (Å²) in [5.41, 5.74) is 1.43. The topological polar surface area (TPSA) is 88.7 Å². The molecular formula is C15H17N3O4S. The molecule has 1 saturated heterocycles. The Bertz CT molecular complexity index is 753. The Hall–Kier alpha value is -2.19. The van der Waals surface area contributed by atoms with Crippen molar-refractivity contribution in [1.82, 2.24) is 4.98 Å². The molecule has 0 bridgehead atoms. The molecule has 7 nitrogen and oxygen atoms in total. The molecule has 0 atom stereocenters. The third-order valence-corrected chi connectivity index (χ3v) is 4.78. The van der Waals surface area contributed by atoms with Crippen molar-refractivity contribution < 1.29 is 14.8 Å². The highest BCUT2D eigenvalue weighted by Gasteiger charge is 2.24. The van der Waals surface area contributed by atoms with E-state index in [-0.39, 0.29) is 11.4 Å². The molecule has 0 radical (unpaired) electrons. The monoisotopic (exact) mass is 335 g/mol. The molecule has 122 valence electrons. The van der Waals surface area contributed by atoms with Crippen molar-refractivity contribution in [3.05, 3.63) is 32.7 Å². The number of thiazole rings is 1. The van der Waals surface area contributed by atoms with Gasteiger partial charge in [0, 0.05) is 24.0 Å². The number of nitrogens with zero attached hydrogens (tertiary/aromatic N) is 3. The zero-order valence-electron chi connectivity index (χ0n) is 12.9. The zero-order chi connectivity index (χ0) is 16.6. The van der Waals surface area contributed by atoms with Gasteiger partial charge < -0.3 is 14.7 Å². The number of phenols is 1. The van der Waals surface area contributed by atoms with Gasteiger partial charge in [0.1, 0.15) is 0 Å². The van der Waals surface area contributed by atoms with E-state index in [1.54, 1.807) is 13.0 Å². The normalized spacial score (nSPS) is 15.0. The number of aromatic hydroxyl groups is 1. The van der Waals surface area contributed by atoms with Crippen molar-refractivity contribution in [2.75, 3.05) is 31.2 Å². The molecule has 1 aliphatic heterocycles. The van der Waals surface area contributed by atoms with Crippen LogP contribution in [-0.2, 0) is 4.74 Å². The van der Waals surface area contributed by atoms with Crippen molar-refractivity contribution in [2.45, 2.75) is 13.8 Å². The van der Waals surface area contributed by atoms with Crippen molar-refractivity contribution in [3.63, 3.8) is 0 Å². The van der Waals surface area contributed by atoms with Gasteiger partial charge in [0.2, 0.25) is 5.75 Å². The number of benzene rings is 1. The average molecular weight is 335 g/mol. The van der Waals surface area contributed by atoms with Gasteiger partial charge >= 0.3 is 5.69 Å². The SMILES string of the molecule is Cc1cc(-c2nc(N3CCOCC3)sc2C)c(O)c([N+](=O)[O-])c1. The lowest BCUT2D eigenvalue weighted by Crippen LogP contribution is -2.36. The molecule has 0 saturated carbocycles. The molecule has 0 spiro atoms. The second kappa shape index (κ2) is 6.13. The Morgan fingerprint density at radius 3 is 2.70 bits per heavy atom. The largest absolute Gasteiger partial charge is 0.502 e. The fourth-order valence-electron chi connectivity index (χ4n) is 2.60. The van der Waals surface area contributed by atoms with Gasteiger partial charge in [-0.15, -0.1) is 11.3 Å². The summed E-state index contributed by atoms with van der Waals surface area (Å²) in [4.78, 5) is 18.2. The molecule has 1 aromatic carbocycles. The van der Waals surface area contributed by atoms with Crippen LogP contribution in [0.2, 0.25) is 0 Å². The summed E-state index contributed by atoms with van der Waals surface area (Å²) in [5.74, 6) is -0.331. The highest BCUT2D eigenvalue weighted by Crippen LogP contribution is 2.41. The van der Waals surface area contributed by atoms with Crippen LogP contribution in [0, 0.1) is 24.0 Å². The zero-order valence-corrected chi connectivity index (χ0v) is 13.7. The standard InChI is InChI=1S/C15H17N3O4S/c1-9-7-11(14(19)12(8-9)18(20)21)13-10(2)23-15(16-13)17-3-5-22-6-4-17/h7-8,19H,3-6H2,1-2H3. The van der Waals surface area contributed by atoms with E-state index in [2.05, 4.69) is 9.88 Å². The maximum atomic E-state index is 11.1. The third-order valence-electron chi connectivity index (χ3n) is 3.75. The number of hydrogen-bond donors (Lipinski definition) is 1. The summed E-state index contributed by atoms with van der Waals surface area (Å²) in [7, 11) is 0. The van der Waals surface area contributed by atoms with E-state index >= 15 is 0 Å². The second-order valence-electron chi connectivity index (χ2n) is 5.44. The third kappa shape index (κ3) is 2.99. The minimum absolute atomic E-state index is 0.291. The maximum absolute atomic E-state index is 11.1. The van der Waals surface area contributed by atoms with Gasteiger partial charge in [0.05, 0.1) is 29.4 Å². The summed E-state index contributed by atoms with van der Waals surface area (Å²) >= 11 is 1.52. The van der Waals surface area contributed by atoms with Crippen LogP contribution in [-0.4, -0.2) is 41.3 Å². The smallest absolute Gasteiger partial charge is 0.311 e. The summed E-state index contributed by atoms with van der Waals surface area (Å²) < 4.78 is 5.34. The van der Waals surface area contributed by atoms with Crippen LogP contribution in [0.4, 0.5) is 10.8 Å². The number of anilines is 1. The molecular weight excluding hydrogens is 318 g/mol. The number of nitro groups is 1. The molecule has 2 aromatic rings. The quantitative estimate of drug-likeness (QED) is 0.685. The van der Waals surface area contributed by atoms with Gasteiger partial charge in [-0.1, -0.05) is 0 Å². The van der Waals surface area contributed by atoms with Crippen LogP contribution in [0.5, 0.6) is 5.75 Å². The minimum atomic E-state index is -0.573. The van der Waals surface area contributed by atoms with E-state index in [4.69, 9.17) is 4.74 Å². The number of aryl methyl sites for hydroxylation is 2. The number of aromatic nitrogens is 1. The Kier molecular flexibility index (Phi) is 4.18. The molecule has 1 N–H and O–H groups in total. The fourth-order valence-corrected chi connectivity index (χ4v) is 3.58. The van der Waals surface area contributed by atoms with Crippen LogP contribution >= 0.6 is 11.3 Å². The maximum Gasteiger partial charge on any atom is 0.311 e. The number of morpholine rings is 1. The van der Waals surface area contributed by atoms with Gasteiger partial charge in [0.15, 0.2) is 5.13 Å². The lowest BCUT2D eigenvalue weighted by Gasteiger charge is -2.26. The summed E-state index contributed by atoms with van der Waals surface area (Å²) in [6, 6.07) is 3.09. The number of ether oxygens (including phenoxy) is 1. The van der Waals surface area contributed by atoms with Gasteiger partial charge in [-0.05, 0) is 25.5 Å². The number of rotatable bonds is 3. The van der Waals surface area contributed by atoms with Crippen LogP contribution < -0.4 is 4.90 Å². The summed E-state index contributed by atoms with van der Waals surface area (Å²) in [6.07, 6.45) is 0. The highest BCUT2D eigenvalue weighted by atomic mass is 32.1. The van der Waals surface area contributed by atoms with Gasteiger partial charge in [-0.25, -0.2) is 4.98 Å². The molecule has 0 aliphatic carbocycles. The van der Waals surface area contributed by atoms with Crippen molar-refractivity contribution in [3.8, 4) is 17.0 Å². The number of phenolic OH excluding ortho intramolecular Hbond substituents is 1. The van der Waals surface area contributed by atoms with Gasteiger partial charge in [-0.3, -0.25) is 10.1 Å². The first-order valence-corrected chi connectivity index (χ1v) is 8.07. The Morgan fingerprint density at radius 2 is 2.04 bits per heavy atom. The number of hydrogen-bond acceptors (Lipinski definition) is 7. The molecule has 3 rings (SSSR count). The molecule has 1 aromatic heterocycles. The van der Waals surface area contributed by atoms with E-state index in [0.717, 1.165) is 23.1 Å². The fraction of sp³-hybridized carbons (Fsp3) is 0.400. The first-order chi connectivity index (χ1) is 11.0. The predicted octanol–water partition coefficient (Wildman–Crippen LogP) is 2.88. The first kappa shape index (κ1) is 15.7. The number of nitro benzene ring substituents is 1. The van der Waals surface area contributed by atoms with E-state index < -0.39 is 4.92 Å². The van der Waals surface area contributed by atoms with Crippen LogP contribution in [0.1, 0.15) is 10.4 Å². The van der Waals surface area contributed by atoms with Crippen LogP contribution in [0.25, 0.3) is 11.3 Å². The Morgan fingerprint density at radius 1 is 1.35 bits per heavy atom. The molecule has 8 heteroatoms.